The topological polar surface area (TPSA) is 22.1 Å². The Bertz CT molecular complexity index is 712. The second-order valence-corrected chi connectivity index (χ2v) is 5.17. The first-order valence-corrected chi connectivity index (χ1v) is 6.80. The van der Waals surface area contributed by atoms with Crippen molar-refractivity contribution in [3.8, 4) is 16.3 Å². The molecule has 0 saturated carbocycles. The lowest BCUT2D eigenvalue weighted by atomic mass is 10.1. The molecule has 2 nitrogen and oxygen atoms in total. The number of fused-ring (bicyclic) bond motifs is 1. The summed E-state index contributed by atoms with van der Waals surface area (Å²) in [4.78, 5) is 4.68. The van der Waals surface area contributed by atoms with E-state index >= 15 is 0 Å². The second-order valence-electron chi connectivity index (χ2n) is 4.14. The Labute approximate surface area is 116 Å². The highest BCUT2D eigenvalue weighted by molar-refractivity contribution is 7.21. The molecule has 0 amide bonds. The van der Waals surface area contributed by atoms with Crippen LogP contribution in [0.2, 0.25) is 0 Å². The summed E-state index contributed by atoms with van der Waals surface area (Å²) in [6.45, 7) is 3.87. The maximum absolute atomic E-state index is 5.24. The van der Waals surface area contributed by atoms with Crippen molar-refractivity contribution < 1.29 is 4.74 Å². The van der Waals surface area contributed by atoms with E-state index in [-0.39, 0.29) is 0 Å². The molecule has 0 aliphatic carbocycles. The molecule has 0 aliphatic rings. The van der Waals surface area contributed by atoms with Gasteiger partial charge < -0.3 is 4.74 Å². The van der Waals surface area contributed by atoms with Crippen LogP contribution in [0.25, 0.3) is 26.9 Å². The standard InChI is InChI=1S/C16H13NOS/c1-3-11-10-12(18-2)8-9-13(11)16-17-14-6-4-5-7-15(14)19-16/h3-10H,1H2,2H3. The van der Waals surface area contributed by atoms with E-state index in [0.29, 0.717) is 0 Å². The summed E-state index contributed by atoms with van der Waals surface area (Å²) in [6, 6.07) is 14.1. The van der Waals surface area contributed by atoms with E-state index in [2.05, 4.69) is 17.6 Å². The fraction of sp³-hybridized carbons (Fsp3) is 0.0625. The van der Waals surface area contributed by atoms with E-state index < -0.39 is 0 Å². The number of thiazole rings is 1. The molecule has 3 aromatic rings. The van der Waals surface area contributed by atoms with E-state index in [1.54, 1.807) is 18.4 Å². The number of nitrogens with zero attached hydrogens (tertiary/aromatic N) is 1. The van der Waals surface area contributed by atoms with Crippen molar-refractivity contribution in [1.29, 1.82) is 0 Å². The molecule has 0 spiro atoms. The zero-order chi connectivity index (χ0) is 13.2. The number of hydrogen-bond donors (Lipinski definition) is 0. The van der Waals surface area contributed by atoms with Crippen LogP contribution >= 0.6 is 11.3 Å². The molecule has 0 unspecified atom stereocenters. The number of rotatable bonds is 3. The molecule has 0 aliphatic heterocycles. The Balaban J connectivity index is 2.17. The van der Waals surface area contributed by atoms with Crippen LogP contribution in [0.4, 0.5) is 0 Å². The maximum atomic E-state index is 5.24. The summed E-state index contributed by atoms with van der Waals surface area (Å²) >= 11 is 1.69. The third-order valence-electron chi connectivity index (χ3n) is 3.00. The van der Waals surface area contributed by atoms with Gasteiger partial charge >= 0.3 is 0 Å². The fourth-order valence-electron chi connectivity index (χ4n) is 2.02. The molecule has 0 fully saturated rings. The third-order valence-corrected chi connectivity index (χ3v) is 4.07. The number of aromatic nitrogens is 1. The van der Waals surface area contributed by atoms with Gasteiger partial charge in [0.1, 0.15) is 10.8 Å². The van der Waals surface area contributed by atoms with Crippen molar-refractivity contribution in [1.82, 2.24) is 4.98 Å². The number of benzene rings is 2. The first-order chi connectivity index (χ1) is 9.31. The number of hydrogen-bond acceptors (Lipinski definition) is 3. The van der Waals surface area contributed by atoms with E-state index in [0.717, 1.165) is 27.4 Å². The van der Waals surface area contributed by atoms with Crippen molar-refractivity contribution in [2.75, 3.05) is 7.11 Å². The van der Waals surface area contributed by atoms with Gasteiger partial charge in [-0.05, 0) is 35.9 Å². The van der Waals surface area contributed by atoms with Gasteiger partial charge in [0.2, 0.25) is 0 Å². The largest absolute Gasteiger partial charge is 0.497 e. The Hall–Kier alpha value is -2.13. The number of para-hydroxylation sites is 1. The zero-order valence-electron chi connectivity index (χ0n) is 10.6. The second kappa shape index (κ2) is 4.86. The summed E-state index contributed by atoms with van der Waals surface area (Å²) in [7, 11) is 1.67. The van der Waals surface area contributed by atoms with E-state index in [9.17, 15) is 0 Å². The molecule has 0 radical (unpaired) electrons. The highest BCUT2D eigenvalue weighted by Gasteiger charge is 2.09. The summed E-state index contributed by atoms with van der Waals surface area (Å²) < 4.78 is 6.44. The lowest BCUT2D eigenvalue weighted by Gasteiger charge is -2.05. The van der Waals surface area contributed by atoms with Crippen LogP contribution in [0.5, 0.6) is 5.75 Å². The van der Waals surface area contributed by atoms with Crippen molar-refractivity contribution in [3.63, 3.8) is 0 Å². The smallest absolute Gasteiger partial charge is 0.125 e. The summed E-state index contributed by atoms with van der Waals surface area (Å²) in [5.41, 5.74) is 3.17. The van der Waals surface area contributed by atoms with Crippen molar-refractivity contribution >= 4 is 27.6 Å². The zero-order valence-corrected chi connectivity index (χ0v) is 11.4. The van der Waals surface area contributed by atoms with Crippen molar-refractivity contribution in [2.24, 2.45) is 0 Å². The molecule has 0 saturated heterocycles. The predicted molar refractivity (Wildman–Crippen MR) is 81.7 cm³/mol. The first-order valence-electron chi connectivity index (χ1n) is 5.98. The molecule has 2 aromatic carbocycles. The van der Waals surface area contributed by atoms with Gasteiger partial charge in [-0.1, -0.05) is 24.8 Å². The summed E-state index contributed by atoms with van der Waals surface area (Å²) in [6.07, 6.45) is 1.84. The van der Waals surface area contributed by atoms with Gasteiger partial charge in [-0.2, -0.15) is 0 Å². The highest BCUT2D eigenvalue weighted by Crippen LogP contribution is 2.34. The van der Waals surface area contributed by atoms with Crippen LogP contribution in [0.1, 0.15) is 5.56 Å². The van der Waals surface area contributed by atoms with Gasteiger partial charge in [-0.25, -0.2) is 4.98 Å². The maximum Gasteiger partial charge on any atom is 0.125 e. The molecule has 0 N–H and O–H groups in total. The van der Waals surface area contributed by atoms with Crippen LogP contribution in [-0.2, 0) is 0 Å². The molecule has 1 aromatic heterocycles. The fourth-order valence-corrected chi connectivity index (χ4v) is 3.03. The first kappa shape index (κ1) is 11.9. The van der Waals surface area contributed by atoms with Crippen LogP contribution in [-0.4, -0.2) is 12.1 Å². The molecule has 1 heterocycles. The highest BCUT2D eigenvalue weighted by atomic mass is 32.1. The Morgan fingerprint density at radius 3 is 2.79 bits per heavy atom. The molecule has 0 bridgehead atoms. The summed E-state index contributed by atoms with van der Waals surface area (Å²) in [5, 5.41) is 1.01. The average Bonchev–Trinajstić information content (AvgIpc) is 2.90. The van der Waals surface area contributed by atoms with E-state index in [4.69, 9.17) is 4.74 Å². The van der Waals surface area contributed by atoms with Crippen LogP contribution in [0.3, 0.4) is 0 Å². The summed E-state index contributed by atoms with van der Waals surface area (Å²) in [5.74, 6) is 0.833. The lowest BCUT2D eigenvalue weighted by molar-refractivity contribution is 0.415. The molecule has 3 rings (SSSR count). The van der Waals surface area contributed by atoms with Crippen LogP contribution in [0.15, 0.2) is 49.0 Å². The quantitative estimate of drug-likeness (QED) is 0.691. The van der Waals surface area contributed by atoms with Crippen LogP contribution in [0, 0.1) is 0 Å². The SMILES string of the molecule is C=Cc1cc(OC)ccc1-c1nc2ccccc2s1. The van der Waals surface area contributed by atoms with Gasteiger partial charge in [0.05, 0.1) is 17.3 Å². The van der Waals surface area contributed by atoms with Gasteiger partial charge in [-0.3, -0.25) is 0 Å². The molecule has 3 heteroatoms. The Morgan fingerprint density at radius 2 is 2.05 bits per heavy atom. The minimum atomic E-state index is 0.833. The number of methoxy groups -OCH3 is 1. The average molecular weight is 267 g/mol. The van der Waals surface area contributed by atoms with Crippen LogP contribution < -0.4 is 4.74 Å². The van der Waals surface area contributed by atoms with Gasteiger partial charge in [0.15, 0.2) is 0 Å². The minimum absolute atomic E-state index is 0.833. The van der Waals surface area contributed by atoms with Gasteiger partial charge in [0.25, 0.3) is 0 Å². The Morgan fingerprint density at radius 1 is 1.21 bits per heavy atom. The number of ether oxygens (including phenoxy) is 1. The molecule has 94 valence electrons. The predicted octanol–water partition coefficient (Wildman–Crippen LogP) is 4.61. The minimum Gasteiger partial charge on any atom is -0.497 e. The lowest BCUT2D eigenvalue weighted by Crippen LogP contribution is -1.86. The van der Waals surface area contributed by atoms with E-state index in [1.165, 1.54) is 4.70 Å². The van der Waals surface area contributed by atoms with Crippen molar-refractivity contribution in [2.45, 2.75) is 0 Å². The monoisotopic (exact) mass is 267 g/mol. The Kier molecular flexibility index (Phi) is 3.05. The molecule has 0 atom stereocenters. The van der Waals surface area contributed by atoms with Gasteiger partial charge in [-0.15, -0.1) is 11.3 Å². The molecular formula is C16H13NOS. The molecule has 19 heavy (non-hydrogen) atoms. The molecular weight excluding hydrogens is 254 g/mol. The van der Waals surface area contributed by atoms with E-state index in [1.807, 2.05) is 42.5 Å². The van der Waals surface area contributed by atoms with Crippen molar-refractivity contribution in [3.05, 3.63) is 54.6 Å². The normalized spacial score (nSPS) is 10.6. The van der Waals surface area contributed by atoms with Gasteiger partial charge in [0, 0.05) is 5.56 Å². The third kappa shape index (κ3) is 2.13.